The van der Waals surface area contributed by atoms with Gasteiger partial charge < -0.3 is 0 Å². The Morgan fingerprint density at radius 3 is 0.760 bits per heavy atom. The van der Waals surface area contributed by atoms with Crippen LogP contribution < -0.4 is 0 Å². The number of para-hydroxylation sites is 7. The quantitative estimate of drug-likeness (QED) is 0.146. The molecule has 0 N–H and O–H groups in total. The molecule has 7 aromatic heterocycles. The van der Waals surface area contributed by atoms with Crippen molar-refractivity contribution in [1.82, 2.24) is 69.2 Å². The first kappa shape index (κ1) is 152. The summed E-state index contributed by atoms with van der Waals surface area (Å²) < 4.78 is 17.4. The first-order valence-corrected chi connectivity index (χ1v) is 52.7. The first-order chi connectivity index (χ1) is 70.2. The van der Waals surface area contributed by atoms with Gasteiger partial charge in [0.15, 0.2) is 17.5 Å². The molecule has 19 aromatic rings. The van der Waals surface area contributed by atoms with Gasteiger partial charge in [-0.3, -0.25) is 15.0 Å². The number of aryl methyl sites for hydroxylation is 4. The maximum atomic E-state index is 4.68. The zero-order valence-corrected chi connectivity index (χ0v) is 95.1. The van der Waals surface area contributed by atoms with Crippen LogP contribution in [-0.2, 0) is 0 Å². The fraction of sp³-hybridized carbons (Fsp3) is 0.354. The molecule has 20 rings (SSSR count). The van der Waals surface area contributed by atoms with Crippen LogP contribution in [-0.4, -0.2) is 80.7 Å². The van der Waals surface area contributed by atoms with Crippen LogP contribution in [0.5, 0.6) is 0 Å². The molecular formula is C127H192N16O2S. The molecular weight excluding hydrogens is 1810 g/mol. The highest BCUT2D eigenvalue weighted by Gasteiger charge is 2.16. The van der Waals surface area contributed by atoms with Gasteiger partial charge in [0.25, 0.3) is 0 Å². The van der Waals surface area contributed by atoms with Gasteiger partial charge in [-0.2, -0.15) is 18.9 Å². The minimum atomic E-state index is 0. The third-order valence-corrected chi connectivity index (χ3v) is 17.0. The summed E-state index contributed by atoms with van der Waals surface area (Å²) in [6.07, 6.45) is 6.01. The molecule has 1 aliphatic heterocycles. The lowest BCUT2D eigenvalue weighted by molar-refractivity contribution is 0.315. The van der Waals surface area contributed by atoms with E-state index in [2.05, 4.69) is 144 Å². The number of aromatic nitrogens is 14. The van der Waals surface area contributed by atoms with Gasteiger partial charge in [0.1, 0.15) is 33.1 Å². The van der Waals surface area contributed by atoms with Crippen LogP contribution in [0.3, 0.4) is 0 Å². The molecule has 0 radical (unpaired) electrons. The minimum absolute atomic E-state index is 0. The molecule has 0 unspecified atom stereocenters. The SMILES string of the molecule is C.C.C.C.CC.CC.CC.CC.CC.CC.CC.CC.CC.CC.CC.CC.CC.CC.CC.CC.CC.CC.Cc1ccc(C2=NN=C(c3ccccc3)C2)cc1.Cc1cccc2nonc12.Cc1cccc2nonc12.Cc1cccc2nsnc12.c1ccc(-c2nc(-c3ccccc3)nc(-c3ccccc3)n2)cc1.c1ccc2nc3ccccc3nc2c1.c1ccc2ncccc2c1.c1ccc2nccnc2c1. The molecule has 0 spiro atoms. The molecule has 12 aromatic carbocycles. The summed E-state index contributed by atoms with van der Waals surface area (Å²) >= 11 is 1.27. The molecule has 0 fully saturated rings. The van der Waals surface area contributed by atoms with E-state index in [0.29, 0.717) is 17.5 Å². The predicted molar refractivity (Wildman–Crippen MR) is 656 cm³/mol. The summed E-state index contributed by atoms with van der Waals surface area (Å²) in [6.45, 7) is 80.1. The molecule has 8 heterocycles. The van der Waals surface area contributed by atoms with E-state index in [9.17, 15) is 0 Å². The highest BCUT2D eigenvalue weighted by atomic mass is 32.1. The highest BCUT2D eigenvalue weighted by Crippen LogP contribution is 2.26. The Bertz CT molecular complexity index is 5480. The van der Waals surface area contributed by atoms with Gasteiger partial charge in [0, 0.05) is 47.1 Å². The molecule has 0 aliphatic carbocycles. The molecule has 0 saturated carbocycles. The number of fused-ring (bicyclic) bond motifs is 7. The van der Waals surface area contributed by atoms with Crippen LogP contribution in [0.15, 0.2) is 347 Å². The monoisotopic (exact) mass is 2010 g/mol. The van der Waals surface area contributed by atoms with Gasteiger partial charge in [0.05, 0.1) is 61.8 Å². The maximum Gasteiger partial charge on any atom is 0.164 e. The lowest BCUT2D eigenvalue weighted by Crippen LogP contribution is -2.05. The van der Waals surface area contributed by atoms with E-state index in [0.717, 1.165) is 129 Å². The van der Waals surface area contributed by atoms with Crippen LogP contribution in [0.4, 0.5) is 0 Å². The second kappa shape index (κ2) is 107. The van der Waals surface area contributed by atoms with E-state index < -0.39 is 0 Å². The number of pyridine rings is 1. The number of hydrogen-bond acceptors (Lipinski definition) is 19. The zero-order chi connectivity index (χ0) is 108. The van der Waals surface area contributed by atoms with Gasteiger partial charge in [-0.05, 0) is 143 Å². The second-order valence-electron chi connectivity index (χ2n) is 24.0. The Kier molecular flexibility index (Phi) is 111. The van der Waals surface area contributed by atoms with Crippen LogP contribution in [0.2, 0.25) is 0 Å². The first-order valence-electron chi connectivity index (χ1n) is 52.0. The third kappa shape index (κ3) is 56.9. The van der Waals surface area contributed by atoms with E-state index >= 15 is 0 Å². The van der Waals surface area contributed by atoms with Gasteiger partial charge in [-0.15, -0.1) is 0 Å². The molecule has 0 amide bonds. The third-order valence-electron chi connectivity index (χ3n) is 16.4. The number of rotatable bonds is 5. The highest BCUT2D eigenvalue weighted by molar-refractivity contribution is 7.00. The van der Waals surface area contributed by atoms with Crippen molar-refractivity contribution < 1.29 is 9.26 Å². The fourth-order valence-corrected chi connectivity index (χ4v) is 11.5. The Morgan fingerprint density at radius 1 is 0.199 bits per heavy atom. The average molecular weight is 2010 g/mol. The summed E-state index contributed by atoms with van der Waals surface area (Å²) in [5.41, 5.74) is 24.2. The van der Waals surface area contributed by atoms with Crippen LogP contribution in [0.25, 0.3) is 111 Å². The van der Waals surface area contributed by atoms with E-state index in [1.807, 2.05) is 537 Å². The molecule has 0 saturated heterocycles. The molecule has 18 nitrogen and oxygen atoms in total. The summed E-state index contributed by atoms with van der Waals surface area (Å²) in [5.74, 6) is 2.05. The van der Waals surface area contributed by atoms with Crippen molar-refractivity contribution in [2.24, 2.45) is 10.2 Å². The van der Waals surface area contributed by atoms with E-state index in [-0.39, 0.29) is 29.7 Å². The largest absolute Gasteiger partial charge is 0.256 e. The van der Waals surface area contributed by atoms with Crippen molar-refractivity contribution in [3.05, 3.63) is 361 Å². The van der Waals surface area contributed by atoms with Gasteiger partial charge in [0.2, 0.25) is 0 Å². The zero-order valence-electron chi connectivity index (χ0n) is 94.3. The normalized spacial score (nSPS) is 8.79. The minimum Gasteiger partial charge on any atom is -0.256 e. The summed E-state index contributed by atoms with van der Waals surface area (Å²) in [6, 6.07) is 102. The van der Waals surface area contributed by atoms with Crippen molar-refractivity contribution in [2.45, 2.75) is 313 Å². The molecule has 798 valence electrons. The van der Waals surface area contributed by atoms with Gasteiger partial charge >= 0.3 is 0 Å². The summed E-state index contributed by atoms with van der Waals surface area (Å²) in [4.78, 5) is 35.5. The van der Waals surface area contributed by atoms with Crippen molar-refractivity contribution in [1.29, 1.82) is 0 Å². The van der Waals surface area contributed by atoms with Crippen molar-refractivity contribution in [3.8, 4) is 34.2 Å². The molecule has 0 bridgehead atoms. The Hall–Kier alpha value is -14.0. The molecule has 1 aliphatic rings. The number of hydrogen-bond donors (Lipinski definition) is 0. The average Bonchev–Trinajstić information content (AvgIpc) is 0.898. The number of nitrogens with zero attached hydrogens (tertiary/aromatic N) is 16. The predicted octanol–water partition coefficient (Wildman–Crippen LogP) is 41.2. The standard InChI is InChI=1S/C21H15N3.C16H14N2.C12H8N2.C9H7N.C8H6N2.2C7H6N2O.C7H6N2S.18C2H6.4CH4/c1-4-10-16(11-5-1)19-22-20(17-12-6-2-7-13-17)24-21(23-19)18-14-8-3-9-15-18;1-12-7-9-14(10-8-12)16-11-15(17-18-16)13-5-3-2-4-6-13;1-2-6-10-9(5-1)13-11-7-3-4-8-12(11)14-10;1-2-6-9-8(4-1)5-3-7-10-9;1-2-4-8-7(3-1)9-5-6-10-8;3*1-5-3-2-4-6-7(5)9-10-8-6;18*1-2;;;;/h1-15H;2-10H,11H2,1H3;1-8H;1-7H;1-6H;3*2-4H,1H3;18*1-2H3;4*1H4. The van der Waals surface area contributed by atoms with E-state index in [1.165, 1.54) is 28.2 Å². The summed E-state index contributed by atoms with van der Waals surface area (Å²) in [5, 5.41) is 24.6. The van der Waals surface area contributed by atoms with Crippen LogP contribution in [0.1, 0.15) is 319 Å². The van der Waals surface area contributed by atoms with E-state index in [4.69, 9.17) is 0 Å². The van der Waals surface area contributed by atoms with E-state index in [1.54, 1.807) is 12.4 Å². The Morgan fingerprint density at radius 2 is 0.452 bits per heavy atom. The van der Waals surface area contributed by atoms with Gasteiger partial charge in [-0.25, -0.2) is 34.2 Å². The maximum absolute atomic E-state index is 4.68. The number of benzene rings is 12. The summed E-state index contributed by atoms with van der Waals surface area (Å²) in [7, 11) is 0. The molecule has 19 heteroatoms. The lowest BCUT2D eigenvalue weighted by Gasteiger charge is -2.08. The van der Waals surface area contributed by atoms with Crippen LogP contribution >= 0.6 is 11.7 Å². The molecule has 146 heavy (non-hydrogen) atoms. The fourth-order valence-electron chi connectivity index (χ4n) is 10.9. The van der Waals surface area contributed by atoms with Crippen molar-refractivity contribution in [3.63, 3.8) is 0 Å². The van der Waals surface area contributed by atoms with Crippen molar-refractivity contribution in [2.75, 3.05) is 0 Å². The topological polar surface area (TPSA) is 231 Å². The van der Waals surface area contributed by atoms with Crippen molar-refractivity contribution >= 4 is 100 Å². The van der Waals surface area contributed by atoms with Gasteiger partial charge in [-0.1, -0.05) is 527 Å². The smallest absolute Gasteiger partial charge is 0.164 e. The lowest BCUT2D eigenvalue weighted by atomic mass is 10.0. The Balaban J connectivity index is -0.000000175. The molecule has 0 atom stereocenters. The van der Waals surface area contributed by atoms with Crippen LogP contribution in [0, 0.1) is 27.7 Å². The second-order valence-corrected chi connectivity index (χ2v) is 24.5. The Labute approximate surface area is 891 Å².